The number of rotatable bonds is 1. The quantitative estimate of drug-likeness (QED) is 0.196. The van der Waals surface area contributed by atoms with Crippen molar-refractivity contribution in [2.45, 2.75) is 0 Å². The Kier molecular flexibility index (Phi) is 4.21. The van der Waals surface area contributed by atoms with E-state index in [-0.39, 0.29) is 0 Å². The third-order valence-corrected chi connectivity index (χ3v) is 9.01. The zero-order chi connectivity index (χ0) is 27.4. The Hall–Kier alpha value is -5.60. The molecule has 0 aliphatic carbocycles. The van der Waals surface area contributed by atoms with E-state index >= 15 is 0 Å². The van der Waals surface area contributed by atoms with Crippen molar-refractivity contribution in [3.8, 4) is 11.1 Å². The van der Waals surface area contributed by atoms with Gasteiger partial charge in [-0.2, -0.15) is 0 Å². The molecule has 0 aliphatic heterocycles. The van der Waals surface area contributed by atoms with Gasteiger partial charge in [-0.3, -0.25) is 0 Å². The van der Waals surface area contributed by atoms with Gasteiger partial charge in [0, 0.05) is 27.1 Å². The van der Waals surface area contributed by atoms with Crippen LogP contribution in [0.2, 0.25) is 0 Å². The van der Waals surface area contributed by atoms with Crippen LogP contribution in [0.3, 0.4) is 0 Å². The average Bonchev–Trinajstić information content (AvgIpc) is 3.60. The van der Waals surface area contributed by atoms with Crippen molar-refractivity contribution in [1.29, 1.82) is 0 Å². The van der Waals surface area contributed by atoms with Gasteiger partial charge in [-0.25, -0.2) is 0 Å². The van der Waals surface area contributed by atoms with Crippen molar-refractivity contribution in [2.75, 3.05) is 0 Å². The number of benzene rings is 8. The van der Waals surface area contributed by atoms with Crippen LogP contribution >= 0.6 is 0 Å². The third kappa shape index (κ3) is 2.93. The number of para-hydroxylation sites is 2. The molecular weight excluding hydrogens is 512 g/mol. The molecule has 0 spiro atoms. The van der Waals surface area contributed by atoms with Gasteiger partial charge < -0.3 is 8.83 Å². The van der Waals surface area contributed by atoms with E-state index in [2.05, 4.69) is 121 Å². The van der Waals surface area contributed by atoms with Crippen LogP contribution in [-0.4, -0.2) is 0 Å². The second kappa shape index (κ2) is 7.99. The summed E-state index contributed by atoms with van der Waals surface area (Å²) in [7, 11) is 0. The molecule has 0 aliphatic rings. The molecule has 0 saturated carbocycles. The lowest BCUT2D eigenvalue weighted by molar-refractivity contribution is 0.669. The van der Waals surface area contributed by atoms with Crippen molar-refractivity contribution in [3.63, 3.8) is 0 Å². The molecule has 0 atom stereocenters. The Balaban J connectivity index is 1.24. The highest BCUT2D eigenvalue weighted by atomic mass is 16.3. The Bertz CT molecular complexity index is 2740. The van der Waals surface area contributed by atoms with Gasteiger partial charge in [0.15, 0.2) is 0 Å². The maximum absolute atomic E-state index is 6.52. The van der Waals surface area contributed by atoms with E-state index in [1.165, 1.54) is 37.7 Å². The van der Waals surface area contributed by atoms with Crippen LogP contribution in [0.15, 0.2) is 142 Å². The first-order valence-electron chi connectivity index (χ1n) is 14.3. The summed E-state index contributed by atoms with van der Waals surface area (Å²) in [5, 5.41) is 14.5. The van der Waals surface area contributed by atoms with Crippen LogP contribution in [0.4, 0.5) is 0 Å². The molecule has 2 nitrogen and oxygen atoms in total. The van der Waals surface area contributed by atoms with Crippen LogP contribution in [0.5, 0.6) is 0 Å². The molecule has 0 radical (unpaired) electrons. The first-order valence-corrected chi connectivity index (χ1v) is 14.3. The molecular formula is C40H22O2. The van der Waals surface area contributed by atoms with E-state index in [9.17, 15) is 0 Å². The van der Waals surface area contributed by atoms with Crippen LogP contribution in [0.1, 0.15) is 0 Å². The number of hydrogen-bond acceptors (Lipinski definition) is 2. The third-order valence-electron chi connectivity index (χ3n) is 9.01. The minimum Gasteiger partial charge on any atom is -0.456 e. The molecule has 42 heavy (non-hydrogen) atoms. The summed E-state index contributed by atoms with van der Waals surface area (Å²) in [6.45, 7) is 0. The van der Waals surface area contributed by atoms with Crippen molar-refractivity contribution >= 4 is 87.0 Å². The Morgan fingerprint density at radius 1 is 0.310 bits per heavy atom. The van der Waals surface area contributed by atoms with E-state index in [4.69, 9.17) is 8.83 Å². The lowest BCUT2D eigenvalue weighted by Crippen LogP contribution is -1.83. The van der Waals surface area contributed by atoms with Gasteiger partial charge in [0.2, 0.25) is 0 Å². The Morgan fingerprint density at radius 2 is 0.929 bits per heavy atom. The molecule has 10 aromatic rings. The fraction of sp³-hybridized carbons (Fsp3) is 0. The largest absolute Gasteiger partial charge is 0.456 e. The van der Waals surface area contributed by atoms with E-state index in [1.807, 2.05) is 12.1 Å². The monoisotopic (exact) mass is 534 g/mol. The zero-order valence-corrected chi connectivity index (χ0v) is 22.5. The lowest BCUT2D eigenvalue weighted by Gasteiger charge is -2.10. The van der Waals surface area contributed by atoms with Gasteiger partial charge in [-0.1, -0.05) is 97.1 Å². The van der Waals surface area contributed by atoms with Crippen LogP contribution < -0.4 is 0 Å². The molecule has 0 unspecified atom stereocenters. The molecule has 194 valence electrons. The summed E-state index contributed by atoms with van der Waals surface area (Å²) >= 11 is 0. The summed E-state index contributed by atoms with van der Waals surface area (Å²) < 4.78 is 12.9. The predicted molar refractivity (Wildman–Crippen MR) is 176 cm³/mol. The van der Waals surface area contributed by atoms with Crippen molar-refractivity contribution in [2.24, 2.45) is 0 Å². The van der Waals surface area contributed by atoms with Gasteiger partial charge in [0.05, 0.1) is 0 Å². The summed E-state index contributed by atoms with van der Waals surface area (Å²) in [5.41, 5.74) is 5.92. The normalized spacial score (nSPS) is 12.3. The molecule has 0 N–H and O–H groups in total. The number of fused-ring (bicyclic) bond motifs is 13. The summed E-state index contributed by atoms with van der Waals surface area (Å²) in [6.07, 6.45) is 0. The highest BCUT2D eigenvalue weighted by molar-refractivity contribution is 6.28. The molecule has 8 aromatic carbocycles. The molecule has 2 heterocycles. The summed E-state index contributed by atoms with van der Waals surface area (Å²) in [5.74, 6) is 0. The zero-order valence-electron chi connectivity index (χ0n) is 22.5. The average molecular weight is 535 g/mol. The highest BCUT2D eigenvalue weighted by Crippen LogP contribution is 2.42. The van der Waals surface area contributed by atoms with Crippen LogP contribution in [0.25, 0.3) is 98.1 Å². The maximum atomic E-state index is 6.52. The van der Waals surface area contributed by atoms with Crippen LogP contribution in [0, 0.1) is 0 Å². The van der Waals surface area contributed by atoms with E-state index in [0.29, 0.717) is 0 Å². The number of furan rings is 2. The Labute approximate surface area is 240 Å². The van der Waals surface area contributed by atoms with Gasteiger partial charge in [-0.05, 0) is 85.1 Å². The van der Waals surface area contributed by atoms with Gasteiger partial charge in [-0.15, -0.1) is 0 Å². The maximum Gasteiger partial charge on any atom is 0.143 e. The first kappa shape index (κ1) is 22.1. The van der Waals surface area contributed by atoms with Gasteiger partial charge >= 0.3 is 0 Å². The van der Waals surface area contributed by atoms with Crippen molar-refractivity contribution < 1.29 is 8.83 Å². The van der Waals surface area contributed by atoms with E-state index in [1.54, 1.807) is 0 Å². The molecule has 2 heteroatoms. The Morgan fingerprint density at radius 3 is 1.71 bits per heavy atom. The van der Waals surface area contributed by atoms with Gasteiger partial charge in [0.1, 0.15) is 22.3 Å². The van der Waals surface area contributed by atoms with Crippen molar-refractivity contribution in [3.05, 3.63) is 133 Å². The van der Waals surface area contributed by atoms with E-state index < -0.39 is 0 Å². The fourth-order valence-corrected chi connectivity index (χ4v) is 7.06. The topological polar surface area (TPSA) is 26.3 Å². The van der Waals surface area contributed by atoms with Crippen LogP contribution in [-0.2, 0) is 0 Å². The van der Waals surface area contributed by atoms with Crippen molar-refractivity contribution in [1.82, 2.24) is 0 Å². The smallest absolute Gasteiger partial charge is 0.143 e. The molecule has 0 amide bonds. The highest BCUT2D eigenvalue weighted by Gasteiger charge is 2.16. The number of hydrogen-bond donors (Lipinski definition) is 0. The fourth-order valence-electron chi connectivity index (χ4n) is 7.06. The summed E-state index contributed by atoms with van der Waals surface area (Å²) in [4.78, 5) is 0. The van der Waals surface area contributed by atoms with E-state index in [0.717, 1.165) is 60.4 Å². The molecule has 0 saturated heterocycles. The minimum atomic E-state index is 0.911. The molecule has 2 aromatic heterocycles. The molecule has 0 fully saturated rings. The molecule has 0 bridgehead atoms. The second-order valence-corrected chi connectivity index (χ2v) is 11.3. The van der Waals surface area contributed by atoms with Gasteiger partial charge in [0.25, 0.3) is 0 Å². The summed E-state index contributed by atoms with van der Waals surface area (Å²) in [6, 6.07) is 47.7. The SMILES string of the molecule is c1ccc2c(c1)oc1c(-c3ccc4cc5oc6cc7c8ccccc8c8ccccc8c7cc6c5cc4c3)cccc12. The molecule has 10 rings (SSSR count). The first-order chi connectivity index (χ1) is 20.8. The second-order valence-electron chi connectivity index (χ2n) is 11.3. The predicted octanol–water partition coefficient (Wildman–Crippen LogP) is 11.8. The minimum absolute atomic E-state index is 0.911. The lowest BCUT2D eigenvalue weighted by atomic mass is 9.93. The standard InChI is InChI=1S/C40H22O2/c1-3-10-29-27(8-1)28-9-2-4-11-30(28)34-22-39-36(21-33(29)34)35-19-25-18-24(17-16-23(25)20-38(35)41-39)26-13-7-14-32-31-12-5-6-15-37(31)42-40(26)32/h1-22H.